The molecule has 1 rings (SSSR count). The Kier molecular flexibility index (Phi) is 5.15. The van der Waals surface area contributed by atoms with Gasteiger partial charge in [-0.05, 0) is 80.0 Å². The normalized spacial score (nSPS) is 12.3. The number of hydrogen-bond acceptors (Lipinski definition) is 1. The molecule has 1 nitrogen and oxygen atoms in total. The third kappa shape index (κ3) is 3.02. The first-order valence-corrected chi connectivity index (χ1v) is 6.88. The third-order valence-electron chi connectivity index (χ3n) is 3.81. The molecule has 100 valence electrons. The maximum Gasteiger partial charge on any atom is -0.00424 e. The quantitative estimate of drug-likeness (QED) is 0.840. The molecule has 0 aliphatic carbocycles. The van der Waals surface area contributed by atoms with Crippen LogP contribution in [0.25, 0.3) is 5.57 Å². The minimum Gasteiger partial charge on any atom is -0.330 e. The molecule has 0 heterocycles. The first kappa shape index (κ1) is 15.0. The van der Waals surface area contributed by atoms with Crippen LogP contribution in [0.2, 0.25) is 0 Å². The van der Waals surface area contributed by atoms with E-state index in [1.807, 2.05) is 0 Å². The second kappa shape index (κ2) is 6.19. The van der Waals surface area contributed by atoms with E-state index in [-0.39, 0.29) is 0 Å². The van der Waals surface area contributed by atoms with Gasteiger partial charge in [-0.3, -0.25) is 0 Å². The fraction of sp³-hybridized carbons (Fsp3) is 0.529. The molecule has 0 amide bonds. The molecule has 1 aromatic rings. The molecule has 0 radical (unpaired) electrons. The second-order valence-electron chi connectivity index (χ2n) is 5.53. The van der Waals surface area contributed by atoms with Gasteiger partial charge >= 0.3 is 0 Å². The Hall–Kier alpha value is -1.08. The molecule has 0 spiro atoms. The second-order valence-corrected chi connectivity index (χ2v) is 5.53. The zero-order valence-corrected chi connectivity index (χ0v) is 12.7. The third-order valence-corrected chi connectivity index (χ3v) is 3.81. The van der Waals surface area contributed by atoms with Crippen LogP contribution in [0.4, 0.5) is 0 Å². The fourth-order valence-corrected chi connectivity index (χ4v) is 2.52. The van der Waals surface area contributed by atoms with Crippen molar-refractivity contribution in [3.63, 3.8) is 0 Å². The van der Waals surface area contributed by atoms with Crippen LogP contribution in [0.15, 0.2) is 12.1 Å². The summed E-state index contributed by atoms with van der Waals surface area (Å²) in [7, 11) is 0. The number of nitrogens with two attached hydrogens (primary N) is 1. The lowest BCUT2D eigenvalue weighted by Gasteiger charge is -2.21. The molecule has 0 unspecified atom stereocenters. The Morgan fingerprint density at radius 1 is 1.11 bits per heavy atom. The van der Waals surface area contributed by atoms with Crippen molar-refractivity contribution in [1.82, 2.24) is 0 Å². The molecule has 0 fully saturated rings. The van der Waals surface area contributed by atoms with Crippen LogP contribution >= 0.6 is 0 Å². The maximum atomic E-state index is 5.65. The van der Waals surface area contributed by atoms with E-state index in [1.54, 1.807) is 0 Å². The summed E-state index contributed by atoms with van der Waals surface area (Å²) >= 11 is 0. The zero-order valence-electron chi connectivity index (χ0n) is 12.7. The SMILES string of the molecule is Cc1cc(C)c(C)c(/C(=C/CCN)C(C)C)c1C. The molecule has 0 aliphatic rings. The lowest BCUT2D eigenvalue weighted by Crippen LogP contribution is -2.04. The lowest BCUT2D eigenvalue weighted by atomic mass is 9.84. The topological polar surface area (TPSA) is 26.0 Å². The van der Waals surface area contributed by atoms with Gasteiger partial charge in [-0.2, -0.15) is 0 Å². The highest BCUT2D eigenvalue weighted by atomic mass is 14.5. The molecule has 18 heavy (non-hydrogen) atoms. The molecule has 0 saturated heterocycles. The summed E-state index contributed by atoms with van der Waals surface area (Å²) in [5.74, 6) is 0.537. The Balaban J connectivity index is 3.45. The Morgan fingerprint density at radius 2 is 1.61 bits per heavy atom. The van der Waals surface area contributed by atoms with E-state index >= 15 is 0 Å². The summed E-state index contributed by atoms with van der Waals surface area (Å²) in [6, 6.07) is 2.29. The van der Waals surface area contributed by atoms with Crippen LogP contribution in [0, 0.1) is 33.6 Å². The van der Waals surface area contributed by atoms with Crippen LogP contribution in [-0.4, -0.2) is 6.54 Å². The van der Waals surface area contributed by atoms with Gasteiger partial charge in [0, 0.05) is 0 Å². The summed E-state index contributed by atoms with van der Waals surface area (Å²) in [6.07, 6.45) is 3.28. The number of aryl methyl sites for hydroxylation is 2. The van der Waals surface area contributed by atoms with Crippen molar-refractivity contribution in [2.75, 3.05) is 6.54 Å². The lowest BCUT2D eigenvalue weighted by molar-refractivity contribution is 0.843. The van der Waals surface area contributed by atoms with Crippen molar-refractivity contribution in [3.05, 3.63) is 40.0 Å². The fourth-order valence-electron chi connectivity index (χ4n) is 2.52. The number of hydrogen-bond donors (Lipinski definition) is 1. The van der Waals surface area contributed by atoms with Crippen molar-refractivity contribution in [1.29, 1.82) is 0 Å². The Morgan fingerprint density at radius 3 is 2.00 bits per heavy atom. The van der Waals surface area contributed by atoms with Crippen LogP contribution in [0.3, 0.4) is 0 Å². The summed E-state index contributed by atoms with van der Waals surface area (Å²) in [4.78, 5) is 0. The number of rotatable bonds is 4. The Bertz CT molecular complexity index is 427. The van der Waals surface area contributed by atoms with Gasteiger partial charge in [-0.1, -0.05) is 26.0 Å². The molecular weight excluding hydrogens is 218 g/mol. The van der Waals surface area contributed by atoms with E-state index < -0.39 is 0 Å². The molecule has 2 N–H and O–H groups in total. The first-order chi connectivity index (χ1) is 8.40. The van der Waals surface area contributed by atoms with Gasteiger partial charge in [-0.15, -0.1) is 0 Å². The van der Waals surface area contributed by atoms with Crippen molar-refractivity contribution < 1.29 is 0 Å². The predicted molar refractivity (Wildman–Crippen MR) is 81.9 cm³/mol. The van der Waals surface area contributed by atoms with Crippen LogP contribution in [0.1, 0.15) is 48.1 Å². The number of allylic oxidation sites excluding steroid dienone is 1. The van der Waals surface area contributed by atoms with Gasteiger partial charge in [0.15, 0.2) is 0 Å². The monoisotopic (exact) mass is 245 g/mol. The minimum absolute atomic E-state index is 0.537. The predicted octanol–water partition coefficient (Wildman–Crippen LogP) is 4.31. The van der Waals surface area contributed by atoms with Crippen molar-refractivity contribution >= 4 is 5.57 Å². The summed E-state index contributed by atoms with van der Waals surface area (Å²) < 4.78 is 0. The van der Waals surface area contributed by atoms with Gasteiger partial charge in [0.1, 0.15) is 0 Å². The van der Waals surface area contributed by atoms with Crippen molar-refractivity contribution in [2.24, 2.45) is 11.7 Å². The largest absolute Gasteiger partial charge is 0.330 e. The maximum absolute atomic E-state index is 5.65. The van der Waals surface area contributed by atoms with E-state index in [0.29, 0.717) is 5.92 Å². The van der Waals surface area contributed by atoms with Gasteiger partial charge in [-0.25, -0.2) is 0 Å². The van der Waals surface area contributed by atoms with Crippen LogP contribution in [0.5, 0.6) is 0 Å². The highest BCUT2D eigenvalue weighted by Gasteiger charge is 2.14. The van der Waals surface area contributed by atoms with E-state index in [0.717, 1.165) is 13.0 Å². The molecule has 0 aromatic heterocycles. The highest BCUT2D eigenvalue weighted by molar-refractivity contribution is 5.73. The van der Waals surface area contributed by atoms with Crippen molar-refractivity contribution in [3.8, 4) is 0 Å². The van der Waals surface area contributed by atoms with E-state index in [1.165, 1.54) is 33.4 Å². The number of benzene rings is 1. The first-order valence-electron chi connectivity index (χ1n) is 6.88. The van der Waals surface area contributed by atoms with Crippen LogP contribution < -0.4 is 5.73 Å². The molecule has 0 aliphatic heterocycles. The molecule has 1 heteroatoms. The molecule has 0 bridgehead atoms. The summed E-state index contributed by atoms with van der Waals surface area (Å²) in [6.45, 7) is 14.1. The van der Waals surface area contributed by atoms with Gasteiger partial charge in [0.25, 0.3) is 0 Å². The van der Waals surface area contributed by atoms with Gasteiger partial charge < -0.3 is 5.73 Å². The van der Waals surface area contributed by atoms with Gasteiger partial charge in [0.2, 0.25) is 0 Å². The molecule has 0 atom stereocenters. The smallest absolute Gasteiger partial charge is 0.00424 e. The average molecular weight is 245 g/mol. The Labute approximate surface area is 112 Å². The zero-order chi connectivity index (χ0) is 13.9. The molecular formula is C17H27N. The van der Waals surface area contributed by atoms with Crippen molar-refractivity contribution in [2.45, 2.75) is 48.0 Å². The van der Waals surface area contributed by atoms with E-state index in [9.17, 15) is 0 Å². The van der Waals surface area contributed by atoms with Gasteiger partial charge in [0.05, 0.1) is 0 Å². The standard InChI is InChI=1S/C17H27N/c1-11(2)16(8-7-9-18)17-14(5)12(3)10-13(4)15(17)6/h8,10-11H,7,9,18H2,1-6H3/b16-8+. The molecule has 1 aromatic carbocycles. The average Bonchev–Trinajstić information content (AvgIpc) is 2.30. The summed E-state index contributed by atoms with van der Waals surface area (Å²) in [5.41, 5.74) is 14.1. The van der Waals surface area contributed by atoms with Crippen LogP contribution in [-0.2, 0) is 0 Å². The minimum atomic E-state index is 0.537. The summed E-state index contributed by atoms with van der Waals surface area (Å²) in [5, 5.41) is 0. The highest BCUT2D eigenvalue weighted by Crippen LogP contribution is 2.32. The van der Waals surface area contributed by atoms with E-state index in [4.69, 9.17) is 5.73 Å². The van der Waals surface area contributed by atoms with E-state index in [2.05, 4.69) is 53.7 Å². The molecule has 0 saturated carbocycles.